The van der Waals surface area contributed by atoms with Gasteiger partial charge in [-0.1, -0.05) is 23.7 Å². The maximum Gasteiger partial charge on any atom is 0.410 e. The zero-order valence-electron chi connectivity index (χ0n) is 18.8. The van der Waals surface area contributed by atoms with Crippen LogP contribution in [0, 0.1) is 5.92 Å². The molecule has 3 N–H and O–H groups in total. The van der Waals surface area contributed by atoms with Gasteiger partial charge in [0.2, 0.25) is 0 Å². The average Bonchev–Trinajstić information content (AvgIpc) is 2.79. The first-order chi connectivity index (χ1) is 16.4. The van der Waals surface area contributed by atoms with Crippen molar-refractivity contribution in [2.75, 3.05) is 17.2 Å². The minimum Gasteiger partial charge on any atom is -0.481 e. The molecule has 1 heterocycles. The number of aliphatic carboxylic acids is 1. The lowest BCUT2D eigenvalue weighted by atomic mass is 9.85. The van der Waals surface area contributed by atoms with Gasteiger partial charge in [-0.3, -0.25) is 4.79 Å². The van der Waals surface area contributed by atoms with E-state index in [2.05, 4.69) is 10.6 Å². The second kappa shape index (κ2) is 10.8. The Labute approximate surface area is 203 Å². The maximum atomic E-state index is 12.7. The second-order valence-corrected chi connectivity index (χ2v) is 9.31. The third kappa shape index (κ3) is 6.41. The lowest BCUT2D eigenvalue weighted by Gasteiger charge is -2.32. The number of carboxylic acids is 1. The van der Waals surface area contributed by atoms with Crippen LogP contribution in [0.3, 0.4) is 0 Å². The number of urea groups is 1. The van der Waals surface area contributed by atoms with Gasteiger partial charge in [-0.05, 0) is 79.5 Å². The van der Waals surface area contributed by atoms with E-state index in [0.717, 1.165) is 24.0 Å². The Kier molecular flexibility index (Phi) is 7.57. The van der Waals surface area contributed by atoms with Crippen LogP contribution in [0.5, 0.6) is 0 Å². The van der Waals surface area contributed by atoms with E-state index in [1.807, 2.05) is 18.2 Å². The molecule has 9 heteroatoms. The minimum atomic E-state index is -0.771. The van der Waals surface area contributed by atoms with Gasteiger partial charge in [-0.25, -0.2) is 9.59 Å². The van der Waals surface area contributed by atoms with Crippen molar-refractivity contribution in [3.8, 4) is 0 Å². The number of nitrogens with zero attached hydrogens (tertiary/aromatic N) is 1. The topological polar surface area (TPSA) is 108 Å². The van der Waals surface area contributed by atoms with Crippen molar-refractivity contribution < 1.29 is 24.2 Å². The van der Waals surface area contributed by atoms with Crippen LogP contribution < -0.4 is 10.6 Å². The molecule has 0 aromatic heterocycles. The number of benzene rings is 2. The minimum absolute atomic E-state index is 0.150. The lowest BCUT2D eigenvalue weighted by Crippen LogP contribution is -2.39. The number of hydrogen-bond donors (Lipinski definition) is 3. The largest absolute Gasteiger partial charge is 0.481 e. The van der Waals surface area contributed by atoms with Gasteiger partial charge in [-0.15, -0.1) is 0 Å². The Balaban J connectivity index is 1.27. The molecule has 0 bridgehead atoms. The molecule has 1 aliphatic carbocycles. The van der Waals surface area contributed by atoms with Crippen molar-refractivity contribution in [1.29, 1.82) is 0 Å². The molecule has 2 aliphatic rings. The highest BCUT2D eigenvalue weighted by Crippen LogP contribution is 2.30. The summed E-state index contributed by atoms with van der Waals surface area (Å²) in [4.78, 5) is 37.6. The fourth-order valence-electron chi connectivity index (χ4n) is 4.56. The molecule has 0 unspecified atom stereocenters. The lowest BCUT2D eigenvalue weighted by molar-refractivity contribution is -0.138. The van der Waals surface area contributed by atoms with Crippen LogP contribution in [0.1, 0.15) is 43.2 Å². The molecule has 0 saturated heterocycles. The number of ether oxygens (including phenoxy) is 1. The summed E-state index contributed by atoms with van der Waals surface area (Å²) < 4.78 is 5.71. The standard InChI is InChI=1S/C25H28ClN3O5/c26-19-2-1-3-20(14-19)27-24(32)28-21-7-6-18-15-29(11-10-17(18)13-21)25(33)34-22-8-4-16(5-9-22)12-23(30)31/h1-3,6-7,13-14,16,22H,4-5,8-12,15H2,(H,30,31)(H2,27,28,32)/t16-,22-. The molecule has 180 valence electrons. The highest BCUT2D eigenvalue weighted by molar-refractivity contribution is 6.30. The number of hydrogen-bond acceptors (Lipinski definition) is 4. The van der Waals surface area contributed by atoms with Crippen LogP contribution >= 0.6 is 11.6 Å². The summed E-state index contributed by atoms with van der Waals surface area (Å²) in [5.41, 5.74) is 3.38. The number of amides is 3. The number of nitrogens with one attached hydrogen (secondary N) is 2. The van der Waals surface area contributed by atoms with Gasteiger partial charge in [0.15, 0.2) is 0 Å². The van der Waals surface area contributed by atoms with E-state index >= 15 is 0 Å². The van der Waals surface area contributed by atoms with Crippen molar-refractivity contribution in [2.24, 2.45) is 5.92 Å². The van der Waals surface area contributed by atoms with Crippen LogP contribution in [-0.4, -0.2) is 40.7 Å². The summed E-state index contributed by atoms with van der Waals surface area (Å²) in [7, 11) is 0. The molecule has 3 amide bonds. The molecular weight excluding hydrogens is 458 g/mol. The zero-order valence-corrected chi connectivity index (χ0v) is 19.5. The van der Waals surface area contributed by atoms with Crippen molar-refractivity contribution in [1.82, 2.24) is 4.90 Å². The normalized spacial score (nSPS) is 19.6. The fraction of sp³-hybridized carbons (Fsp3) is 0.400. The molecule has 0 atom stereocenters. The average molecular weight is 486 g/mol. The fourth-order valence-corrected chi connectivity index (χ4v) is 4.75. The first-order valence-electron chi connectivity index (χ1n) is 11.5. The smallest absolute Gasteiger partial charge is 0.410 e. The molecule has 8 nitrogen and oxygen atoms in total. The number of halogens is 1. The quantitative estimate of drug-likeness (QED) is 0.517. The van der Waals surface area contributed by atoms with Crippen molar-refractivity contribution >= 4 is 41.1 Å². The molecule has 4 rings (SSSR count). The molecule has 1 aliphatic heterocycles. The summed E-state index contributed by atoms with van der Waals surface area (Å²) in [5.74, 6) is -0.600. The third-order valence-corrected chi connectivity index (χ3v) is 6.58. The summed E-state index contributed by atoms with van der Waals surface area (Å²) in [5, 5.41) is 15.1. The molecule has 34 heavy (non-hydrogen) atoms. The second-order valence-electron chi connectivity index (χ2n) is 8.87. The zero-order chi connectivity index (χ0) is 24.1. The predicted molar refractivity (Wildman–Crippen MR) is 129 cm³/mol. The molecule has 1 fully saturated rings. The number of carbonyl (C=O) groups excluding carboxylic acids is 2. The molecule has 0 radical (unpaired) electrons. The van der Waals surface area contributed by atoms with Gasteiger partial charge in [0.1, 0.15) is 6.10 Å². The number of fused-ring (bicyclic) bond motifs is 1. The molecule has 2 aromatic rings. The monoisotopic (exact) mass is 485 g/mol. The summed E-state index contributed by atoms with van der Waals surface area (Å²) in [6.45, 7) is 0.996. The van der Waals surface area contributed by atoms with Gasteiger partial charge in [0.25, 0.3) is 0 Å². The predicted octanol–water partition coefficient (Wildman–Crippen LogP) is 5.51. The first-order valence-corrected chi connectivity index (χ1v) is 11.9. The van der Waals surface area contributed by atoms with Crippen LogP contribution in [-0.2, 0) is 22.5 Å². The molecule has 0 spiro atoms. The number of rotatable bonds is 5. The summed E-state index contributed by atoms with van der Waals surface area (Å²) in [6, 6.07) is 12.2. The van der Waals surface area contributed by atoms with Gasteiger partial charge in [-0.2, -0.15) is 0 Å². The van der Waals surface area contributed by atoms with E-state index in [0.29, 0.717) is 48.7 Å². The van der Waals surface area contributed by atoms with Crippen molar-refractivity contribution in [2.45, 2.75) is 51.2 Å². The van der Waals surface area contributed by atoms with E-state index in [1.165, 1.54) is 0 Å². The SMILES string of the molecule is O=C(O)C[C@H]1CC[C@H](OC(=O)N2CCc3cc(NC(=O)Nc4cccc(Cl)c4)ccc3C2)CC1. The van der Waals surface area contributed by atoms with Gasteiger partial charge < -0.3 is 25.4 Å². The van der Waals surface area contributed by atoms with Gasteiger partial charge in [0.05, 0.1) is 0 Å². The molecular formula is C25H28ClN3O5. The molecule has 2 aromatic carbocycles. The molecule has 1 saturated carbocycles. The van der Waals surface area contributed by atoms with Gasteiger partial charge in [0, 0.05) is 35.9 Å². The Hall–Kier alpha value is -3.26. The Morgan fingerprint density at radius 1 is 1.00 bits per heavy atom. The first kappa shape index (κ1) is 23.9. The van der Waals surface area contributed by atoms with E-state index in [1.54, 1.807) is 29.2 Å². The maximum absolute atomic E-state index is 12.7. The van der Waals surface area contributed by atoms with Crippen LogP contribution in [0.15, 0.2) is 42.5 Å². The Morgan fingerprint density at radius 3 is 2.44 bits per heavy atom. The Morgan fingerprint density at radius 2 is 1.74 bits per heavy atom. The summed E-state index contributed by atoms with van der Waals surface area (Å²) in [6.07, 6.45) is 3.34. The number of carboxylic acid groups (broad SMARTS) is 1. The van der Waals surface area contributed by atoms with Gasteiger partial charge >= 0.3 is 18.1 Å². The van der Waals surface area contributed by atoms with E-state index in [-0.39, 0.29) is 30.6 Å². The third-order valence-electron chi connectivity index (χ3n) is 6.34. The van der Waals surface area contributed by atoms with E-state index < -0.39 is 5.97 Å². The number of anilines is 2. The van der Waals surface area contributed by atoms with Crippen LogP contribution in [0.25, 0.3) is 0 Å². The Bertz CT molecular complexity index is 1070. The van der Waals surface area contributed by atoms with Crippen LogP contribution in [0.4, 0.5) is 21.0 Å². The van der Waals surface area contributed by atoms with Crippen molar-refractivity contribution in [3.05, 3.63) is 58.6 Å². The highest BCUT2D eigenvalue weighted by Gasteiger charge is 2.28. The van der Waals surface area contributed by atoms with E-state index in [9.17, 15) is 14.4 Å². The number of carbonyl (C=O) groups is 3. The van der Waals surface area contributed by atoms with Crippen LogP contribution in [0.2, 0.25) is 5.02 Å². The van der Waals surface area contributed by atoms with E-state index in [4.69, 9.17) is 21.4 Å². The summed E-state index contributed by atoms with van der Waals surface area (Å²) >= 11 is 5.95. The highest BCUT2D eigenvalue weighted by atomic mass is 35.5. The van der Waals surface area contributed by atoms with Crippen molar-refractivity contribution in [3.63, 3.8) is 0 Å².